The molecule has 0 aromatic carbocycles. The van der Waals surface area contributed by atoms with Gasteiger partial charge in [-0.1, -0.05) is 19.9 Å². The first-order valence-corrected chi connectivity index (χ1v) is 6.99. The molecule has 0 spiro atoms. The number of fused-ring (bicyclic) bond motifs is 1. The Morgan fingerprint density at radius 3 is 2.55 bits per heavy atom. The molecule has 1 aliphatic heterocycles. The summed E-state index contributed by atoms with van der Waals surface area (Å²) in [7, 11) is 1.36. The van der Waals surface area contributed by atoms with Crippen LogP contribution in [0.15, 0.2) is 23.8 Å². The lowest BCUT2D eigenvalue weighted by Gasteiger charge is -2.39. The summed E-state index contributed by atoms with van der Waals surface area (Å²) in [5.41, 5.74) is 0.0215. The minimum absolute atomic E-state index is 0.137. The van der Waals surface area contributed by atoms with E-state index in [0.29, 0.717) is 12.8 Å². The van der Waals surface area contributed by atoms with Crippen LogP contribution < -0.4 is 0 Å². The Morgan fingerprint density at radius 2 is 2.00 bits per heavy atom. The Hall–Kier alpha value is -1.13. The van der Waals surface area contributed by atoms with Crippen LogP contribution in [-0.4, -0.2) is 35.5 Å². The molecule has 0 amide bonds. The molecule has 1 saturated heterocycles. The summed E-state index contributed by atoms with van der Waals surface area (Å²) in [6.07, 6.45) is 6.45. The number of epoxide rings is 1. The molecule has 1 N–H and O–H groups in total. The van der Waals surface area contributed by atoms with Crippen LogP contribution in [0.1, 0.15) is 40.5 Å². The first-order valence-electron chi connectivity index (χ1n) is 6.99. The number of esters is 1. The van der Waals surface area contributed by atoms with Gasteiger partial charge in [-0.15, -0.1) is 0 Å². The maximum atomic E-state index is 11.2. The van der Waals surface area contributed by atoms with Crippen molar-refractivity contribution in [2.45, 2.75) is 57.8 Å². The van der Waals surface area contributed by atoms with Gasteiger partial charge >= 0.3 is 5.97 Å². The number of hydrogen-bond donors (Lipinski definition) is 1. The van der Waals surface area contributed by atoms with Crippen molar-refractivity contribution in [3.05, 3.63) is 23.8 Å². The average Bonchev–Trinajstić information content (AvgIpc) is 2.92. The van der Waals surface area contributed by atoms with Gasteiger partial charge in [0.25, 0.3) is 0 Å². The normalized spacial score (nSPS) is 39.5. The zero-order chi connectivity index (χ0) is 15.2. The van der Waals surface area contributed by atoms with Crippen molar-refractivity contribution in [2.24, 2.45) is 5.41 Å². The van der Waals surface area contributed by atoms with Gasteiger partial charge in [0.1, 0.15) is 11.2 Å². The highest BCUT2D eigenvalue weighted by Crippen LogP contribution is 2.66. The third-order valence-electron chi connectivity index (χ3n) is 4.63. The van der Waals surface area contributed by atoms with Crippen molar-refractivity contribution >= 4 is 5.97 Å². The molecule has 0 aromatic rings. The van der Waals surface area contributed by atoms with Gasteiger partial charge < -0.3 is 14.6 Å². The van der Waals surface area contributed by atoms with Crippen LogP contribution in [0.25, 0.3) is 0 Å². The minimum atomic E-state index is -0.359. The Morgan fingerprint density at radius 1 is 1.35 bits per heavy atom. The van der Waals surface area contributed by atoms with Crippen LogP contribution in [-0.2, 0) is 14.3 Å². The highest BCUT2D eigenvalue weighted by molar-refractivity contribution is 5.83. The fraction of sp³-hybridized carbons (Fsp3) is 0.688. The first kappa shape index (κ1) is 15.3. The lowest BCUT2D eigenvalue weighted by Crippen LogP contribution is -2.46. The Bertz CT molecular complexity index is 477. The monoisotopic (exact) mass is 280 g/mol. The van der Waals surface area contributed by atoms with Crippen molar-refractivity contribution in [2.75, 3.05) is 7.11 Å². The SMILES string of the molecule is COC(=O)/C=C(C)/C=C/C12OC1(C)C[C@@H](O)CC2(C)C. The van der Waals surface area contributed by atoms with Gasteiger partial charge in [0.05, 0.1) is 13.2 Å². The molecule has 4 nitrogen and oxygen atoms in total. The molecule has 2 fully saturated rings. The van der Waals surface area contributed by atoms with Gasteiger partial charge in [-0.25, -0.2) is 4.79 Å². The standard InChI is InChI=1S/C16H24O4/c1-11(8-13(18)19-5)6-7-16-14(2,3)9-12(17)10-15(16,4)20-16/h6-8,12,17H,9-10H2,1-5H3/b7-6+,11-8+/t12-,15?,16?/m0/s1. The second-order valence-corrected chi connectivity index (χ2v) is 6.76. The predicted molar refractivity (Wildman–Crippen MR) is 76.2 cm³/mol. The highest BCUT2D eigenvalue weighted by atomic mass is 16.6. The van der Waals surface area contributed by atoms with Gasteiger partial charge in [-0.3, -0.25) is 0 Å². The van der Waals surface area contributed by atoms with Crippen LogP contribution in [0.3, 0.4) is 0 Å². The maximum Gasteiger partial charge on any atom is 0.330 e. The van der Waals surface area contributed by atoms with Gasteiger partial charge in [0.15, 0.2) is 0 Å². The molecule has 0 bridgehead atoms. The predicted octanol–water partition coefficient (Wildman–Crippen LogP) is 2.37. The largest absolute Gasteiger partial charge is 0.466 e. The van der Waals surface area contributed by atoms with E-state index in [1.54, 1.807) is 0 Å². The molecule has 1 heterocycles. The van der Waals surface area contributed by atoms with E-state index in [2.05, 4.69) is 18.6 Å². The molecular formula is C16H24O4. The molecule has 112 valence electrons. The van der Waals surface area contributed by atoms with E-state index in [9.17, 15) is 9.90 Å². The third-order valence-corrected chi connectivity index (χ3v) is 4.63. The zero-order valence-corrected chi connectivity index (χ0v) is 12.9. The van der Waals surface area contributed by atoms with Gasteiger partial charge in [-0.05, 0) is 31.9 Å². The summed E-state index contributed by atoms with van der Waals surface area (Å²) in [5, 5.41) is 9.97. The molecule has 3 atom stereocenters. The van der Waals surface area contributed by atoms with Crippen LogP contribution in [0.4, 0.5) is 0 Å². The molecule has 2 aliphatic rings. The van der Waals surface area contributed by atoms with E-state index in [4.69, 9.17) is 4.74 Å². The van der Waals surface area contributed by atoms with Crippen LogP contribution in [0, 0.1) is 5.41 Å². The lowest BCUT2D eigenvalue weighted by atomic mass is 9.63. The van der Waals surface area contributed by atoms with E-state index in [1.807, 2.05) is 26.0 Å². The Kier molecular flexibility index (Phi) is 3.59. The quantitative estimate of drug-likeness (QED) is 0.373. The van der Waals surface area contributed by atoms with Crippen molar-refractivity contribution in [3.8, 4) is 0 Å². The number of carbonyl (C=O) groups excluding carboxylic acids is 1. The van der Waals surface area contributed by atoms with Crippen molar-refractivity contribution in [3.63, 3.8) is 0 Å². The van der Waals surface area contributed by atoms with Gasteiger partial charge in [0, 0.05) is 17.9 Å². The maximum absolute atomic E-state index is 11.2. The van der Waals surface area contributed by atoms with E-state index in [1.165, 1.54) is 13.2 Å². The van der Waals surface area contributed by atoms with E-state index >= 15 is 0 Å². The summed E-state index contributed by atoms with van der Waals surface area (Å²) in [4.78, 5) is 11.2. The number of rotatable bonds is 3. The third kappa shape index (κ3) is 2.31. The van der Waals surface area contributed by atoms with Crippen molar-refractivity contribution in [1.82, 2.24) is 0 Å². The number of allylic oxidation sites excluding steroid dienone is 2. The van der Waals surface area contributed by atoms with Crippen molar-refractivity contribution in [1.29, 1.82) is 0 Å². The summed E-state index contributed by atoms with van der Waals surface area (Å²) in [6, 6.07) is 0. The highest BCUT2D eigenvalue weighted by Gasteiger charge is 2.74. The molecule has 20 heavy (non-hydrogen) atoms. The summed E-state index contributed by atoms with van der Waals surface area (Å²) in [5.74, 6) is -0.359. The number of carbonyl (C=O) groups is 1. The molecule has 0 aromatic heterocycles. The average molecular weight is 280 g/mol. The lowest BCUT2D eigenvalue weighted by molar-refractivity contribution is -0.134. The Labute approximate surface area is 120 Å². The number of methoxy groups -OCH3 is 1. The van der Waals surface area contributed by atoms with E-state index < -0.39 is 0 Å². The van der Waals surface area contributed by atoms with Crippen LogP contribution >= 0.6 is 0 Å². The number of aliphatic hydroxyl groups excluding tert-OH is 1. The number of hydrogen-bond acceptors (Lipinski definition) is 4. The number of ether oxygens (including phenoxy) is 2. The van der Waals surface area contributed by atoms with E-state index in [0.717, 1.165) is 5.57 Å². The molecule has 0 radical (unpaired) electrons. The molecule has 1 saturated carbocycles. The molecule has 2 rings (SSSR count). The summed E-state index contributed by atoms with van der Waals surface area (Å²) >= 11 is 0. The van der Waals surface area contributed by atoms with Crippen LogP contribution in [0.5, 0.6) is 0 Å². The minimum Gasteiger partial charge on any atom is -0.466 e. The summed E-state index contributed by atoms with van der Waals surface area (Å²) in [6.45, 7) is 8.13. The molecule has 2 unspecified atom stereocenters. The van der Waals surface area contributed by atoms with Crippen LogP contribution in [0.2, 0.25) is 0 Å². The summed E-state index contributed by atoms with van der Waals surface area (Å²) < 4.78 is 10.6. The number of aliphatic hydroxyl groups is 1. The second-order valence-electron chi connectivity index (χ2n) is 6.76. The molecule has 4 heteroatoms. The smallest absolute Gasteiger partial charge is 0.330 e. The first-order chi connectivity index (χ1) is 9.16. The zero-order valence-electron chi connectivity index (χ0n) is 12.9. The van der Waals surface area contributed by atoms with Gasteiger partial charge in [-0.2, -0.15) is 0 Å². The Balaban J connectivity index is 2.21. The molecule has 1 aliphatic carbocycles. The molecular weight excluding hydrogens is 256 g/mol. The van der Waals surface area contributed by atoms with E-state index in [-0.39, 0.29) is 28.7 Å². The fourth-order valence-electron chi connectivity index (χ4n) is 3.62. The topological polar surface area (TPSA) is 59.1 Å². The fourth-order valence-corrected chi connectivity index (χ4v) is 3.62. The van der Waals surface area contributed by atoms with Crippen molar-refractivity contribution < 1.29 is 19.4 Å². The van der Waals surface area contributed by atoms with Gasteiger partial charge in [0.2, 0.25) is 0 Å². The second kappa shape index (κ2) is 4.71.